The van der Waals surface area contributed by atoms with Crippen LogP contribution in [0.3, 0.4) is 0 Å². The van der Waals surface area contributed by atoms with Gasteiger partial charge in [-0.1, -0.05) is 13.0 Å². The molecule has 8 heteroatoms. The molecule has 1 aromatic rings. The lowest BCUT2D eigenvalue weighted by atomic mass is 10.1. The number of nitrogens with zero attached hydrogens (tertiary/aromatic N) is 2. The summed E-state index contributed by atoms with van der Waals surface area (Å²) in [4.78, 5) is 14.8. The van der Waals surface area contributed by atoms with Gasteiger partial charge in [-0.2, -0.15) is 4.31 Å². The SMILES string of the molecule is CCc1ccc(C(=O)N(C)C2CCNC2)cc1S(=O)(=O)N1CCOCC1. The Morgan fingerprint density at radius 2 is 2.08 bits per heavy atom. The van der Waals surface area contributed by atoms with E-state index < -0.39 is 10.0 Å². The Morgan fingerprint density at radius 1 is 1.35 bits per heavy atom. The summed E-state index contributed by atoms with van der Waals surface area (Å²) in [6.45, 7) is 5.08. The monoisotopic (exact) mass is 381 g/mol. The van der Waals surface area contributed by atoms with Crippen molar-refractivity contribution in [3.63, 3.8) is 0 Å². The third-order valence-electron chi connectivity index (χ3n) is 5.19. The summed E-state index contributed by atoms with van der Waals surface area (Å²) in [5.41, 5.74) is 1.15. The molecule has 0 bridgehead atoms. The van der Waals surface area contributed by atoms with Gasteiger partial charge in [-0.3, -0.25) is 4.79 Å². The Bertz CT molecular complexity index is 754. The van der Waals surface area contributed by atoms with E-state index in [1.165, 1.54) is 4.31 Å². The first-order valence-corrected chi connectivity index (χ1v) is 10.6. The smallest absolute Gasteiger partial charge is 0.253 e. The highest BCUT2D eigenvalue weighted by atomic mass is 32.2. The molecule has 2 heterocycles. The number of morpholine rings is 1. The fourth-order valence-corrected chi connectivity index (χ4v) is 5.21. The van der Waals surface area contributed by atoms with Crippen molar-refractivity contribution < 1.29 is 17.9 Å². The van der Waals surface area contributed by atoms with Gasteiger partial charge in [0.25, 0.3) is 5.91 Å². The van der Waals surface area contributed by atoms with E-state index in [-0.39, 0.29) is 16.8 Å². The lowest BCUT2D eigenvalue weighted by Gasteiger charge is -2.28. The van der Waals surface area contributed by atoms with Crippen molar-refractivity contribution in [2.75, 3.05) is 46.4 Å². The zero-order valence-corrected chi connectivity index (χ0v) is 16.2. The van der Waals surface area contributed by atoms with Gasteiger partial charge in [-0.15, -0.1) is 0 Å². The summed E-state index contributed by atoms with van der Waals surface area (Å²) in [6.07, 6.45) is 1.50. The van der Waals surface area contributed by atoms with Crippen molar-refractivity contribution in [3.05, 3.63) is 29.3 Å². The number of carbonyl (C=O) groups is 1. The van der Waals surface area contributed by atoms with E-state index in [9.17, 15) is 13.2 Å². The van der Waals surface area contributed by atoms with E-state index in [2.05, 4.69) is 5.32 Å². The van der Waals surface area contributed by atoms with Crippen molar-refractivity contribution in [3.8, 4) is 0 Å². The van der Waals surface area contributed by atoms with Crippen LogP contribution < -0.4 is 5.32 Å². The van der Waals surface area contributed by atoms with Gasteiger partial charge in [0, 0.05) is 38.3 Å². The second-order valence-corrected chi connectivity index (χ2v) is 8.66. The van der Waals surface area contributed by atoms with Crippen LogP contribution in [0.5, 0.6) is 0 Å². The second kappa shape index (κ2) is 8.04. The number of nitrogens with one attached hydrogen (secondary N) is 1. The fourth-order valence-electron chi connectivity index (χ4n) is 3.49. The lowest BCUT2D eigenvalue weighted by molar-refractivity contribution is 0.0728. The number of hydrogen-bond donors (Lipinski definition) is 1. The molecule has 1 atom stereocenters. The highest BCUT2D eigenvalue weighted by Gasteiger charge is 2.30. The number of carbonyl (C=O) groups excluding carboxylic acids is 1. The summed E-state index contributed by atoms with van der Waals surface area (Å²) in [7, 11) is -1.85. The van der Waals surface area contributed by atoms with E-state index in [0.717, 1.165) is 25.1 Å². The van der Waals surface area contributed by atoms with Crippen LogP contribution in [0, 0.1) is 0 Å². The first-order valence-electron chi connectivity index (χ1n) is 9.14. The van der Waals surface area contributed by atoms with Gasteiger partial charge in [-0.05, 0) is 37.1 Å². The lowest BCUT2D eigenvalue weighted by Crippen LogP contribution is -2.41. The number of rotatable bonds is 5. The maximum atomic E-state index is 13.1. The number of aryl methyl sites for hydroxylation is 1. The molecule has 0 aliphatic carbocycles. The van der Waals surface area contributed by atoms with E-state index in [4.69, 9.17) is 4.74 Å². The van der Waals surface area contributed by atoms with Crippen LogP contribution in [0.4, 0.5) is 0 Å². The average molecular weight is 381 g/mol. The van der Waals surface area contributed by atoms with Gasteiger partial charge in [0.1, 0.15) is 0 Å². The summed E-state index contributed by atoms with van der Waals surface area (Å²) in [5.74, 6) is -0.139. The molecule has 0 spiro atoms. The van der Waals surface area contributed by atoms with E-state index >= 15 is 0 Å². The molecule has 1 N–H and O–H groups in total. The van der Waals surface area contributed by atoms with E-state index in [1.54, 1.807) is 30.1 Å². The standard InChI is InChI=1S/C18H27N3O4S/c1-3-14-4-5-15(18(22)20(2)16-6-7-19-13-16)12-17(14)26(23,24)21-8-10-25-11-9-21/h4-5,12,16,19H,3,6-11,13H2,1-2H3. The number of likely N-dealkylation sites (N-methyl/N-ethyl adjacent to an activating group) is 1. The molecule has 2 fully saturated rings. The maximum Gasteiger partial charge on any atom is 0.253 e. The molecule has 2 aliphatic heterocycles. The van der Waals surface area contributed by atoms with Crippen LogP contribution in [0.15, 0.2) is 23.1 Å². The van der Waals surface area contributed by atoms with E-state index in [0.29, 0.717) is 38.3 Å². The number of benzene rings is 1. The van der Waals surface area contributed by atoms with E-state index in [1.807, 2.05) is 6.92 Å². The minimum Gasteiger partial charge on any atom is -0.379 e. The maximum absolute atomic E-state index is 13.1. The normalized spacial score (nSPS) is 21.7. The van der Waals surface area contributed by atoms with Gasteiger partial charge in [0.05, 0.1) is 18.1 Å². The molecule has 1 aromatic carbocycles. The number of ether oxygens (including phenoxy) is 1. The zero-order chi connectivity index (χ0) is 18.7. The molecule has 7 nitrogen and oxygen atoms in total. The highest BCUT2D eigenvalue weighted by molar-refractivity contribution is 7.89. The minimum atomic E-state index is -3.64. The first-order chi connectivity index (χ1) is 12.4. The van der Waals surface area contributed by atoms with Gasteiger partial charge >= 0.3 is 0 Å². The molecule has 144 valence electrons. The van der Waals surface area contributed by atoms with Crippen LogP contribution in [-0.4, -0.2) is 76.0 Å². The van der Waals surface area contributed by atoms with Crippen molar-refractivity contribution >= 4 is 15.9 Å². The Kier molecular flexibility index (Phi) is 5.96. The van der Waals surface area contributed by atoms with Crippen LogP contribution in [0.1, 0.15) is 29.3 Å². The molecule has 1 amide bonds. The highest BCUT2D eigenvalue weighted by Crippen LogP contribution is 2.24. The van der Waals surface area contributed by atoms with Crippen LogP contribution >= 0.6 is 0 Å². The summed E-state index contributed by atoms with van der Waals surface area (Å²) < 4.78 is 32.9. The number of hydrogen-bond acceptors (Lipinski definition) is 5. The minimum absolute atomic E-state index is 0.139. The average Bonchev–Trinajstić information content (AvgIpc) is 3.21. The molecule has 0 radical (unpaired) electrons. The van der Waals surface area contributed by atoms with Crippen LogP contribution in [0.25, 0.3) is 0 Å². The molecular weight excluding hydrogens is 354 g/mol. The van der Waals surface area contributed by atoms with Crippen LogP contribution in [-0.2, 0) is 21.2 Å². The topological polar surface area (TPSA) is 79.0 Å². The third-order valence-corrected chi connectivity index (χ3v) is 7.17. The summed E-state index contributed by atoms with van der Waals surface area (Å²) >= 11 is 0. The predicted octanol–water partition coefficient (Wildman–Crippen LogP) is 0.704. The van der Waals surface area contributed by atoms with Gasteiger partial charge in [0.15, 0.2) is 0 Å². The van der Waals surface area contributed by atoms with Gasteiger partial charge < -0.3 is 15.0 Å². The summed E-state index contributed by atoms with van der Waals surface area (Å²) in [5, 5.41) is 3.25. The summed E-state index contributed by atoms with van der Waals surface area (Å²) in [6, 6.07) is 5.19. The first kappa shape index (κ1) is 19.3. The van der Waals surface area contributed by atoms with Crippen LogP contribution in [0.2, 0.25) is 0 Å². The van der Waals surface area contributed by atoms with Crippen molar-refractivity contribution in [2.45, 2.75) is 30.7 Å². The Balaban J connectivity index is 1.92. The molecule has 3 rings (SSSR count). The fraction of sp³-hybridized carbons (Fsp3) is 0.611. The quantitative estimate of drug-likeness (QED) is 0.812. The van der Waals surface area contributed by atoms with Crippen molar-refractivity contribution in [2.24, 2.45) is 0 Å². The van der Waals surface area contributed by atoms with Gasteiger partial charge in [0.2, 0.25) is 10.0 Å². The number of amides is 1. The van der Waals surface area contributed by atoms with Gasteiger partial charge in [-0.25, -0.2) is 8.42 Å². The zero-order valence-electron chi connectivity index (χ0n) is 15.4. The Morgan fingerprint density at radius 3 is 2.69 bits per heavy atom. The Hall–Kier alpha value is -1.48. The third kappa shape index (κ3) is 3.78. The molecule has 26 heavy (non-hydrogen) atoms. The molecule has 1 unspecified atom stereocenters. The van der Waals surface area contributed by atoms with Crippen molar-refractivity contribution in [1.29, 1.82) is 0 Å². The number of sulfonamides is 1. The molecule has 2 aliphatic rings. The molecule has 0 aromatic heterocycles. The predicted molar refractivity (Wildman–Crippen MR) is 98.8 cm³/mol. The molecule has 2 saturated heterocycles. The Labute approximate surface area is 155 Å². The largest absolute Gasteiger partial charge is 0.379 e. The second-order valence-electron chi connectivity index (χ2n) is 6.76. The van der Waals surface area contributed by atoms with Crippen molar-refractivity contribution in [1.82, 2.24) is 14.5 Å². The molecular formula is C18H27N3O4S. The molecule has 0 saturated carbocycles.